The standard InChI is InChI=1S/C18H21N3OS/c1-2-21-17(16-11-13-5-3-4-6-15(13)23-16)19-22-18(21)12-20-9-7-14(18)8-10-20/h3-6,11,14H,2,7-10,12H2,1H3. The van der Waals surface area contributed by atoms with Gasteiger partial charge in [0, 0.05) is 17.2 Å². The Hall–Kier alpha value is -1.59. The highest BCUT2D eigenvalue weighted by atomic mass is 32.1. The number of fused-ring (bicyclic) bond motifs is 3. The molecule has 4 nitrogen and oxygen atoms in total. The quantitative estimate of drug-likeness (QED) is 0.847. The minimum absolute atomic E-state index is 0.225. The Morgan fingerprint density at radius 2 is 2.13 bits per heavy atom. The van der Waals surface area contributed by atoms with Crippen molar-refractivity contribution in [1.82, 2.24) is 9.80 Å². The predicted octanol–water partition coefficient (Wildman–Crippen LogP) is 3.34. The van der Waals surface area contributed by atoms with Gasteiger partial charge in [-0.3, -0.25) is 4.90 Å². The third kappa shape index (κ3) is 1.90. The maximum absolute atomic E-state index is 6.16. The van der Waals surface area contributed by atoms with E-state index >= 15 is 0 Å². The van der Waals surface area contributed by atoms with Crippen LogP contribution in [0.5, 0.6) is 0 Å². The lowest BCUT2D eigenvalue weighted by molar-refractivity contribution is -0.195. The normalized spacial score (nSPS) is 32.6. The molecule has 5 heterocycles. The Labute approximate surface area is 140 Å². The van der Waals surface area contributed by atoms with Gasteiger partial charge in [0.05, 0.1) is 11.4 Å². The second-order valence-electron chi connectivity index (χ2n) is 6.79. The van der Waals surface area contributed by atoms with Gasteiger partial charge in [0.15, 0.2) is 5.84 Å². The van der Waals surface area contributed by atoms with Crippen molar-refractivity contribution >= 4 is 27.3 Å². The molecule has 0 N–H and O–H groups in total. The van der Waals surface area contributed by atoms with Crippen molar-refractivity contribution in [3.63, 3.8) is 0 Å². The number of thiophene rings is 1. The number of oxime groups is 1. The number of hydrogen-bond donors (Lipinski definition) is 0. The maximum atomic E-state index is 6.16. The van der Waals surface area contributed by atoms with Crippen molar-refractivity contribution in [3.05, 3.63) is 35.2 Å². The third-order valence-corrected chi connectivity index (χ3v) is 6.75. The van der Waals surface area contributed by atoms with E-state index in [1.165, 1.54) is 40.9 Å². The molecule has 23 heavy (non-hydrogen) atoms. The fraction of sp³-hybridized carbons (Fsp3) is 0.500. The van der Waals surface area contributed by atoms with Crippen molar-refractivity contribution in [2.75, 3.05) is 26.2 Å². The van der Waals surface area contributed by atoms with Crippen LogP contribution in [-0.4, -0.2) is 47.5 Å². The highest BCUT2D eigenvalue weighted by Crippen LogP contribution is 2.45. The van der Waals surface area contributed by atoms with Gasteiger partial charge in [0.25, 0.3) is 0 Å². The summed E-state index contributed by atoms with van der Waals surface area (Å²) >= 11 is 1.81. The number of likely N-dealkylation sites (N-methyl/N-ethyl adjacent to an activating group) is 1. The molecule has 1 spiro atoms. The van der Waals surface area contributed by atoms with Gasteiger partial charge < -0.3 is 9.74 Å². The molecular weight excluding hydrogens is 306 g/mol. The molecule has 3 fully saturated rings. The van der Waals surface area contributed by atoms with Crippen LogP contribution in [0.25, 0.3) is 10.1 Å². The van der Waals surface area contributed by atoms with Crippen LogP contribution in [0.3, 0.4) is 0 Å². The van der Waals surface area contributed by atoms with Gasteiger partial charge in [-0.25, -0.2) is 0 Å². The minimum atomic E-state index is -0.225. The third-order valence-electron chi connectivity index (χ3n) is 5.64. The Kier molecular flexibility index (Phi) is 2.97. The summed E-state index contributed by atoms with van der Waals surface area (Å²) in [4.78, 5) is 12.3. The van der Waals surface area contributed by atoms with Crippen LogP contribution in [0.1, 0.15) is 24.6 Å². The first-order chi connectivity index (χ1) is 11.3. The molecule has 0 aliphatic carbocycles. The van der Waals surface area contributed by atoms with Crippen LogP contribution >= 0.6 is 11.3 Å². The van der Waals surface area contributed by atoms with Crippen molar-refractivity contribution in [1.29, 1.82) is 0 Å². The largest absolute Gasteiger partial charge is 0.363 e. The molecule has 5 heteroatoms. The summed E-state index contributed by atoms with van der Waals surface area (Å²) in [5.41, 5.74) is -0.225. The first-order valence-electron chi connectivity index (χ1n) is 8.55. The highest BCUT2D eigenvalue weighted by Gasteiger charge is 2.56. The SMILES string of the molecule is CCN1C(c2cc3ccccc3s2)=NOC12CN1CCC2CC1. The molecule has 1 unspecified atom stereocenters. The van der Waals surface area contributed by atoms with Gasteiger partial charge in [0.2, 0.25) is 5.72 Å². The van der Waals surface area contributed by atoms with Gasteiger partial charge in [-0.1, -0.05) is 23.4 Å². The van der Waals surface area contributed by atoms with Crippen LogP contribution in [0.2, 0.25) is 0 Å². The lowest BCUT2D eigenvalue weighted by Crippen LogP contribution is -2.66. The first kappa shape index (κ1) is 13.8. The average molecular weight is 327 g/mol. The van der Waals surface area contributed by atoms with E-state index in [4.69, 9.17) is 4.84 Å². The van der Waals surface area contributed by atoms with E-state index in [0.29, 0.717) is 5.92 Å². The van der Waals surface area contributed by atoms with Crippen LogP contribution in [0, 0.1) is 5.92 Å². The summed E-state index contributed by atoms with van der Waals surface area (Å²) < 4.78 is 1.32. The Morgan fingerprint density at radius 1 is 1.30 bits per heavy atom. The molecule has 3 saturated heterocycles. The zero-order valence-corrected chi connectivity index (χ0v) is 14.2. The van der Waals surface area contributed by atoms with E-state index < -0.39 is 0 Å². The molecule has 1 atom stereocenters. The monoisotopic (exact) mass is 327 g/mol. The van der Waals surface area contributed by atoms with Crippen LogP contribution < -0.4 is 0 Å². The molecule has 4 aliphatic heterocycles. The number of rotatable bonds is 2. The second kappa shape index (κ2) is 4.95. The summed E-state index contributed by atoms with van der Waals surface area (Å²) in [6.45, 7) is 6.58. The summed E-state index contributed by atoms with van der Waals surface area (Å²) in [5, 5.41) is 5.87. The van der Waals surface area contributed by atoms with Gasteiger partial charge in [-0.2, -0.15) is 0 Å². The lowest BCUT2D eigenvalue weighted by Gasteiger charge is -2.52. The van der Waals surface area contributed by atoms with Gasteiger partial charge in [-0.05, 0) is 50.4 Å². The molecule has 1 aromatic carbocycles. The smallest absolute Gasteiger partial charge is 0.227 e. The molecule has 0 saturated carbocycles. The van der Waals surface area contributed by atoms with E-state index in [1.807, 2.05) is 11.3 Å². The Balaban J connectivity index is 1.54. The summed E-state index contributed by atoms with van der Waals surface area (Å²) in [6, 6.07) is 10.8. The van der Waals surface area contributed by atoms with Gasteiger partial charge >= 0.3 is 0 Å². The number of piperidine rings is 3. The van der Waals surface area contributed by atoms with Gasteiger partial charge in [-0.15, -0.1) is 11.3 Å². The van der Waals surface area contributed by atoms with Crippen molar-refractivity contribution < 1.29 is 4.84 Å². The molecule has 1 aromatic heterocycles. The van der Waals surface area contributed by atoms with E-state index in [2.05, 4.69) is 52.2 Å². The summed E-state index contributed by atoms with van der Waals surface area (Å²) in [7, 11) is 0. The molecule has 0 amide bonds. The summed E-state index contributed by atoms with van der Waals surface area (Å²) in [5.74, 6) is 1.63. The predicted molar refractivity (Wildman–Crippen MR) is 93.7 cm³/mol. The Morgan fingerprint density at radius 3 is 2.83 bits per heavy atom. The molecule has 0 radical (unpaired) electrons. The summed E-state index contributed by atoms with van der Waals surface area (Å²) in [6.07, 6.45) is 2.46. The van der Waals surface area contributed by atoms with Crippen molar-refractivity contribution in [2.24, 2.45) is 11.1 Å². The molecule has 2 aromatic rings. The maximum Gasteiger partial charge on any atom is 0.227 e. The fourth-order valence-electron chi connectivity index (χ4n) is 4.49. The number of benzene rings is 1. The number of nitrogens with zero attached hydrogens (tertiary/aromatic N) is 3. The Bertz CT molecular complexity index is 744. The average Bonchev–Trinajstić information content (AvgIpc) is 3.17. The van der Waals surface area contributed by atoms with Crippen LogP contribution in [0.4, 0.5) is 0 Å². The molecule has 120 valence electrons. The lowest BCUT2D eigenvalue weighted by atomic mass is 9.79. The zero-order chi connectivity index (χ0) is 15.4. The highest BCUT2D eigenvalue weighted by molar-refractivity contribution is 7.20. The molecular formula is C18H21N3OS. The molecule has 2 bridgehead atoms. The fourth-order valence-corrected chi connectivity index (χ4v) is 5.54. The minimum Gasteiger partial charge on any atom is -0.363 e. The molecule has 4 aliphatic rings. The van der Waals surface area contributed by atoms with Crippen molar-refractivity contribution in [3.8, 4) is 0 Å². The van der Waals surface area contributed by atoms with E-state index in [9.17, 15) is 0 Å². The van der Waals surface area contributed by atoms with Gasteiger partial charge in [0.1, 0.15) is 0 Å². The number of amidine groups is 1. The van der Waals surface area contributed by atoms with E-state index in [0.717, 1.165) is 18.9 Å². The van der Waals surface area contributed by atoms with E-state index in [-0.39, 0.29) is 5.72 Å². The topological polar surface area (TPSA) is 28.1 Å². The number of hydrogen-bond acceptors (Lipinski definition) is 5. The van der Waals surface area contributed by atoms with E-state index in [1.54, 1.807) is 0 Å². The van der Waals surface area contributed by atoms with Crippen molar-refractivity contribution in [2.45, 2.75) is 25.5 Å². The second-order valence-corrected chi connectivity index (χ2v) is 7.88. The zero-order valence-electron chi connectivity index (χ0n) is 13.4. The first-order valence-corrected chi connectivity index (χ1v) is 9.37. The van der Waals surface area contributed by atoms with Crippen LogP contribution in [0.15, 0.2) is 35.5 Å². The molecule has 6 rings (SSSR count). The van der Waals surface area contributed by atoms with Crippen LogP contribution in [-0.2, 0) is 4.84 Å².